The first-order chi connectivity index (χ1) is 12.8. The molecule has 0 aliphatic carbocycles. The average molecular weight is 346 g/mol. The Labute approximate surface area is 153 Å². The van der Waals surface area contributed by atoms with Crippen LogP contribution in [0.2, 0.25) is 0 Å². The lowest BCUT2D eigenvalue weighted by Crippen LogP contribution is -2.45. The van der Waals surface area contributed by atoms with E-state index in [1.165, 1.54) is 0 Å². The summed E-state index contributed by atoms with van der Waals surface area (Å²) in [6, 6.07) is 25.1. The Morgan fingerprint density at radius 2 is 1.62 bits per heavy atom. The predicted molar refractivity (Wildman–Crippen MR) is 103 cm³/mol. The molecule has 132 valence electrons. The molecule has 4 nitrogen and oxygen atoms in total. The zero-order valence-corrected chi connectivity index (χ0v) is 14.8. The van der Waals surface area contributed by atoms with E-state index in [9.17, 15) is 4.79 Å². The number of aromatic nitrogens is 1. The topological polar surface area (TPSA) is 51.2 Å². The van der Waals surface area contributed by atoms with E-state index in [2.05, 4.69) is 10.3 Å². The van der Waals surface area contributed by atoms with Gasteiger partial charge < -0.3 is 10.1 Å². The second kappa shape index (κ2) is 8.30. The van der Waals surface area contributed by atoms with Crippen LogP contribution in [0.1, 0.15) is 18.2 Å². The Kier molecular flexibility index (Phi) is 5.64. The third-order valence-electron chi connectivity index (χ3n) is 4.32. The first kappa shape index (κ1) is 17.7. The van der Waals surface area contributed by atoms with Gasteiger partial charge in [-0.1, -0.05) is 54.6 Å². The van der Waals surface area contributed by atoms with E-state index in [0.717, 1.165) is 11.3 Å². The Bertz CT molecular complexity index is 781. The molecule has 0 aliphatic heterocycles. The maximum atomic E-state index is 13.2. The van der Waals surface area contributed by atoms with E-state index in [1.54, 1.807) is 6.20 Å². The molecule has 1 aromatic heterocycles. The van der Waals surface area contributed by atoms with Crippen molar-refractivity contribution in [1.29, 1.82) is 0 Å². The SMILES string of the molecule is CCOC(=O)C(CNc1ccccc1)(c1ccccc1)c1ccccn1. The van der Waals surface area contributed by atoms with Gasteiger partial charge in [0, 0.05) is 18.4 Å². The Morgan fingerprint density at radius 3 is 2.23 bits per heavy atom. The van der Waals surface area contributed by atoms with Crippen molar-refractivity contribution in [3.05, 3.63) is 96.3 Å². The zero-order valence-electron chi connectivity index (χ0n) is 14.8. The van der Waals surface area contributed by atoms with E-state index >= 15 is 0 Å². The van der Waals surface area contributed by atoms with Crippen molar-refractivity contribution in [2.24, 2.45) is 0 Å². The van der Waals surface area contributed by atoms with Gasteiger partial charge in [-0.15, -0.1) is 0 Å². The molecule has 0 amide bonds. The normalized spacial score (nSPS) is 12.8. The van der Waals surface area contributed by atoms with Crippen molar-refractivity contribution in [2.45, 2.75) is 12.3 Å². The largest absolute Gasteiger partial charge is 0.465 e. The number of para-hydroxylation sites is 1. The number of anilines is 1. The smallest absolute Gasteiger partial charge is 0.324 e. The minimum atomic E-state index is -1.03. The molecule has 0 radical (unpaired) electrons. The van der Waals surface area contributed by atoms with Gasteiger partial charge in [-0.3, -0.25) is 9.78 Å². The Morgan fingerprint density at radius 1 is 0.962 bits per heavy atom. The van der Waals surface area contributed by atoms with Crippen LogP contribution in [0, 0.1) is 0 Å². The van der Waals surface area contributed by atoms with Crippen LogP contribution < -0.4 is 5.32 Å². The van der Waals surface area contributed by atoms with Gasteiger partial charge in [-0.05, 0) is 36.8 Å². The van der Waals surface area contributed by atoms with E-state index in [-0.39, 0.29) is 5.97 Å². The van der Waals surface area contributed by atoms with Gasteiger partial charge in [0.2, 0.25) is 0 Å². The summed E-state index contributed by atoms with van der Waals surface area (Å²) >= 11 is 0. The van der Waals surface area contributed by atoms with Crippen LogP contribution >= 0.6 is 0 Å². The quantitative estimate of drug-likeness (QED) is 0.656. The molecule has 1 atom stereocenters. The monoisotopic (exact) mass is 346 g/mol. The minimum Gasteiger partial charge on any atom is -0.465 e. The van der Waals surface area contributed by atoms with Crippen LogP contribution in [-0.4, -0.2) is 24.1 Å². The van der Waals surface area contributed by atoms with Gasteiger partial charge in [0.25, 0.3) is 0 Å². The fraction of sp³-hybridized carbons (Fsp3) is 0.182. The molecule has 0 spiro atoms. The molecule has 0 saturated heterocycles. The summed E-state index contributed by atoms with van der Waals surface area (Å²) in [4.78, 5) is 17.7. The molecule has 4 heteroatoms. The van der Waals surface area contributed by atoms with Crippen LogP contribution in [-0.2, 0) is 14.9 Å². The van der Waals surface area contributed by atoms with Crippen molar-refractivity contribution in [3.8, 4) is 0 Å². The van der Waals surface area contributed by atoms with Gasteiger partial charge in [-0.2, -0.15) is 0 Å². The number of ether oxygens (including phenoxy) is 1. The summed E-state index contributed by atoms with van der Waals surface area (Å²) < 4.78 is 5.49. The van der Waals surface area contributed by atoms with E-state index in [1.807, 2.05) is 85.8 Å². The summed E-state index contributed by atoms with van der Waals surface area (Å²) in [6.45, 7) is 2.47. The van der Waals surface area contributed by atoms with Crippen molar-refractivity contribution in [1.82, 2.24) is 4.98 Å². The highest BCUT2D eigenvalue weighted by Crippen LogP contribution is 2.33. The fourth-order valence-corrected chi connectivity index (χ4v) is 3.02. The van der Waals surface area contributed by atoms with Crippen molar-refractivity contribution in [3.63, 3.8) is 0 Å². The van der Waals surface area contributed by atoms with Gasteiger partial charge in [0.05, 0.1) is 12.3 Å². The lowest BCUT2D eigenvalue weighted by atomic mass is 9.76. The number of carbonyl (C=O) groups is 1. The highest BCUT2D eigenvalue weighted by molar-refractivity contribution is 5.88. The maximum Gasteiger partial charge on any atom is 0.324 e. The highest BCUT2D eigenvalue weighted by Gasteiger charge is 2.44. The molecule has 1 N–H and O–H groups in total. The number of rotatable bonds is 7. The summed E-state index contributed by atoms with van der Waals surface area (Å²) in [5.74, 6) is -0.312. The molecule has 0 bridgehead atoms. The third-order valence-corrected chi connectivity index (χ3v) is 4.32. The number of nitrogens with one attached hydrogen (secondary N) is 1. The van der Waals surface area contributed by atoms with Crippen LogP contribution in [0.15, 0.2) is 85.1 Å². The molecule has 0 fully saturated rings. The van der Waals surface area contributed by atoms with Gasteiger partial charge in [0.15, 0.2) is 5.41 Å². The molecule has 1 heterocycles. The molecule has 1 unspecified atom stereocenters. The van der Waals surface area contributed by atoms with Gasteiger partial charge >= 0.3 is 5.97 Å². The number of pyridine rings is 1. The van der Waals surface area contributed by atoms with E-state index in [0.29, 0.717) is 18.8 Å². The number of esters is 1. The predicted octanol–water partition coefficient (Wildman–Crippen LogP) is 4.04. The van der Waals surface area contributed by atoms with Crippen molar-refractivity contribution >= 4 is 11.7 Å². The van der Waals surface area contributed by atoms with Crippen LogP contribution in [0.5, 0.6) is 0 Å². The molecule has 3 aromatic rings. The van der Waals surface area contributed by atoms with Crippen molar-refractivity contribution < 1.29 is 9.53 Å². The van der Waals surface area contributed by atoms with Gasteiger partial charge in [0.1, 0.15) is 0 Å². The number of hydrogen-bond acceptors (Lipinski definition) is 4. The Hall–Kier alpha value is -3.14. The molecule has 0 aliphatic rings. The molecular formula is C22H22N2O2. The second-order valence-electron chi connectivity index (χ2n) is 5.93. The molecule has 3 rings (SSSR count). The lowest BCUT2D eigenvalue weighted by Gasteiger charge is -2.32. The Balaban J connectivity index is 2.09. The van der Waals surface area contributed by atoms with Crippen molar-refractivity contribution in [2.75, 3.05) is 18.5 Å². The maximum absolute atomic E-state index is 13.2. The summed E-state index contributed by atoms with van der Waals surface area (Å²) in [6.07, 6.45) is 1.70. The van der Waals surface area contributed by atoms with Crippen LogP contribution in [0.25, 0.3) is 0 Å². The summed E-state index contributed by atoms with van der Waals surface area (Å²) in [7, 11) is 0. The molecule has 2 aromatic carbocycles. The highest BCUT2D eigenvalue weighted by atomic mass is 16.5. The molecule has 26 heavy (non-hydrogen) atoms. The summed E-state index contributed by atoms with van der Waals surface area (Å²) in [5.41, 5.74) is 1.41. The van der Waals surface area contributed by atoms with Crippen LogP contribution in [0.4, 0.5) is 5.69 Å². The van der Waals surface area contributed by atoms with E-state index < -0.39 is 5.41 Å². The minimum absolute atomic E-state index is 0.311. The second-order valence-corrected chi connectivity index (χ2v) is 5.93. The molecular weight excluding hydrogens is 324 g/mol. The number of carbonyl (C=O) groups excluding carboxylic acids is 1. The standard InChI is InChI=1S/C22H22N2O2/c1-2-26-21(25)22(18-11-5-3-6-12-18,20-15-9-10-16-23-20)17-24-19-13-7-4-8-14-19/h3-16,24H,2,17H2,1H3. The van der Waals surface area contributed by atoms with Crippen LogP contribution in [0.3, 0.4) is 0 Å². The average Bonchev–Trinajstić information content (AvgIpc) is 2.71. The fourth-order valence-electron chi connectivity index (χ4n) is 3.02. The lowest BCUT2D eigenvalue weighted by molar-refractivity contribution is -0.148. The number of benzene rings is 2. The third kappa shape index (κ3) is 3.59. The van der Waals surface area contributed by atoms with E-state index in [4.69, 9.17) is 4.74 Å². The zero-order chi connectivity index (χ0) is 18.2. The first-order valence-corrected chi connectivity index (χ1v) is 8.70. The first-order valence-electron chi connectivity index (χ1n) is 8.70. The molecule has 0 saturated carbocycles. The number of nitrogens with zero attached hydrogens (tertiary/aromatic N) is 1. The van der Waals surface area contributed by atoms with Gasteiger partial charge in [-0.25, -0.2) is 0 Å². The number of hydrogen-bond donors (Lipinski definition) is 1. The summed E-state index contributed by atoms with van der Waals surface area (Å²) in [5, 5.41) is 3.38.